The maximum atomic E-state index is 13.1. The molecular weight excluding hydrogens is 325 g/mol. The SMILES string of the molecule is Cn1ccnc1Sc1ccc(NC(=O)Cc2cccc(F)c2)cc1. The van der Waals surface area contributed by atoms with Crippen LogP contribution in [0.2, 0.25) is 0 Å². The van der Waals surface area contributed by atoms with Gasteiger partial charge in [-0.25, -0.2) is 9.37 Å². The number of benzene rings is 2. The number of hydrogen-bond donors (Lipinski definition) is 1. The third-order valence-electron chi connectivity index (χ3n) is 3.38. The molecule has 0 aliphatic rings. The molecule has 1 aromatic heterocycles. The molecule has 0 saturated carbocycles. The molecule has 0 fully saturated rings. The molecule has 1 N–H and O–H groups in total. The van der Waals surface area contributed by atoms with Crippen LogP contribution in [0.4, 0.5) is 10.1 Å². The predicted molar refractivity (Wildman–Crippen MR) is 92.5 cm³/mol. The van der Waals surface area contributed by atoms with Gasteiger partial charge in [0.1, 0.15) is 5.82 Å². The van der Waals surface area contributed by atoms with E-state index in [0.717, 1.165) is 10.1 Å². The molecule has 1 amide bonds. The second kappa shape index (κ2) is 7.31. The standard InChI is InChI=1S/C18H16FN3OS/c1-22-10-9-20-18(22)24-16-7-5-15(6-8-16)21-17(23)12-13-3-2-4-14(19)11-13/h2-11H,12H2,1H3,(H,21,23). The lowest BCUT2D eigenvalue weighted by Crippen LogP contribution is -2.14. The van der Waals surface area contributed by atoms with E-state index in [1.807, 2.05) is 42.1 Å². The molecule has 0 bridgehead atoms. The van der Waals surface area contributed by atoms with Crippen LogP contribution >= 0.6 is 11.8 Å². The summed E-state index contributed by atoms with van der Waals surface area (Å²) in [6.07, 6.45) is 3.79. The first-order chi connectivity index (χ1) is 11.6. The van der Waals surface area contributed by atoms with Gasteiger partial charge in [0.05, 0.1) is 6.42 Å². The lowest BCUT2D eigenvalue weighted by atomic mass is 10.1. The highest BCUT2D eigenvalue weighted by molar-refractivity contribution is 7.99. The van der Waals surface area contributed by atoms with Gasteiger partial charge in [-0.05, 0) is 42.0 Å². The molecule has 3 rings (SSSR count). The Kier molecular flexibility index (Phi) is 4.96. The van der Waals surface area contributed by atoms with E-state index in [-0.39, 0.29) is 18.1 Å². The number of nitrogens with zero attached hydrogens (tertiary/aromatic N) is 2. The van der Waals surface area contributed by atoms with Gasteiger partial charge in [0.15, 0.2) is 5.16 Å². The average Bonchev–Trinajstić information content (AvgIpc) is 2.94. The Hall–Kier alpha value is -2.60. The van der Waals surface area contributed by atoms with Crippen molar-refractivity contribution in [1.82, 2.24) is 9.55 Å². The summed E-state index contributed by atoms with van der Waals surface area (Å²) < 4.78 is 15.1. The molecule has 0 aliphatic carbocycles. The number of anilines is 1. The molecule has 24 heavy (non-hydrogen) atoms. The predicted octanol–water partition coefficient (Wildman–Crippen LogP) is 3.89. The maximum Gasteiger partial charge on any atom is 0.228 e. The topological polar surface area (TPSA) is 46.9 Å². The minimum absolute atomic E-state index is 0.140. The van der Waals surface area contributed by atoms with E-state index in [1.165, 1.54) is 12.1 Å². The molecule has 3 aromatic rings. The molecule has 0 atom stereocenters. The highest BCUT2D eigenvalue weighted by Gasteiger charge is 2.06. The zero-order valence-corrected chi connectivity index (χ0v) is 13.9. The smallest absolute Gasteiger partial charge is 0.228 e. The van der Waals surface area contributed by atoms with Gasteiger partial charge in [-0.3, -0.25) is 4.79 Å². The second-order valence-electron chi connectivity index (χ2n) is 5.30. The third kappa shape index (κ3) is 4.23. The number of carbonyl (C=O) groups is 1. The first-order valence-electron chi connectivity index (χ1n) is 7.40. The molecule has 6 heteroatoms. The van der Waals surface area contributed by atoms with Crippen molar-refractivity contribution in [2.45, 2.75) is 16.5 Å². The average molecular weight is 341 g/mol. The van der Waals surface area contributed by atoms with Crippen LogP contribution in [-0.2, 0) is 18.3 Å². The van der Waals surface area contributed by atoms with Crippen LogP contribution in [0.5, 0.6) is 0 Å². The quantitative estimate of drug-likeness (QED) is 0.766. The molecule has 0 unspecified atom stereocenters. The largest absolute Gasteiger partial charge is 0.329 e. The summed E-state index contributed by atoms with van der Waals surface area (Å²) in [5.74, 6) is -0.513. The van der Waals surface area contributed by atoms with Crippen LogP contribution in [0.1, 0.15) is 5.56 Å². The zero-order chi connectivity index (χ0) is 16.9. The van der Waals surface area contributed by atoms with Crippen molar-refractivity contribution in [1.29, 1.82) is 0 Å². The van der Waals surface area contributed by atoms with Gasteiger partial charge < -0.3 is 9.88 Å². The summed E-state index contributed by atoms with van der Waals surface area (Å²) in [7, 11) is 1.94. The molecule has 2 aromatic carbocycles. The lowest BCUT2D eigenvalue weighted by molar-refractivity contribution is -0.115. The molecule has 0 radical (unpaired) electrons. The van der Waals surface area contributed by atoms with Gasteiger partial charge in [0.2, 0.25) is 5.91 Å². The van der Waals surface area contributed by atoms with Crippen LogP contribution in [0.15, 0.2) is 71.0 Å². The van der Waals surface area contributed by atoms with Gasteiger partial charge >= 0.3 is 0 Å². The normalized spacial score (nSPS) is 10.6. The number of amides is 1. The van der Waals surface area contributed by atoms with Crippen molar-refractivity contribution in [2.75, 3.05) is 5.32 Å². The van der Waals surface area contributed by atoms with Gasteiger partial charge in [0.25, 0.3) is 0 Å². The summed E-state index contributed by atoms with van der Waals surface area (Å²) in [6, 6.07) is 13.6. The summed E-state index contributed by atoms with van der Waals surface area (Å²) in [4.78, 5) is 17.3. The molecule has 0 aliphatic heterocycles. The Balaban J connectivity index is 1.59. The van der Waals surface area contributed by atoms with Gasteiger partial charge in [-0.1, -0.05) is 23.9 Å². The number of nitrogens with one attached hydrogen (secondary N) is 1. The van der Waals surface area contributed by atoms with Crippen LogP contribution in [0.3, 0.4) is 0 Å². The van der Waals surface area contributed by atoms with Crippen LogP contribution in [0, 0.1) is 5.82 Å². The van der Waals surface area contributed by atoms with Crippen LogP contribution in [-0.4, -0.2) is 15.5 Å². The van der Waals surface area contributed by atoms with Crippen molar-refractivity contribution < 1.29 is 9.18 Å². The Bertz CT molecular complexity index is 845. The number of aromatic nitrogens is 2. The van der Waals surface area contributed by atoms with Crippen molar-refractivity contribution in [3.8, 4) is 0 Å². The van der Waals surface area contributed by atoms with E-state index >= 15 is 0 Å². The van der Waals surface area contributed by atoms with Crippen molar-refractivity contribution >= 4 is 23.4 Å². The number of carbonyl (C=O) groups excluding carboxylic acids is 1. The molecule has 1 heterocycles. The number of rotatable bonds is 5. The minimum atomic E-state index is -0.337. The van der Waals surface area contributed by atoms with Crippen LogP contribution < -0.4 is 5.32 Å². The summed E-state index contributed by atoms with van der Waals surface area (Å²) in [5, 5.41) is 3.72. The molecule has 0 saturated heterocycles. The highest BCUT2D eigenvalue weighted by Crippen LogP contribution is 2.26. The van der Waals surface area contributed by atoms with Gasteiger partial charge in [-0.15, -0.1) is 0 Å². The number of imidazole rings is 1. The Morgan fingerprint density at radius 2 is 2.04 bits per heavy atom. The van der Waals surface area contributed by atoms with Crippen LogP contribution in [0.25, 0.3) is 0 Å². The Labute approximate surface area is 143 Å². The lowest BCUT2D eigenvalue weighted by Gasteiger charge is -2.07. The van der Waals surface area contributed by atoms with E-state index in [1.54, 1.807) is 30.1 Å². The molecular formula is C18H16FN3OS. The second-order valence-corrected chi connectivity index (χ2v) is 6.34. The number of halogens is 1. The minimum Gasteiger partial charge on any atom is -0.329 e. The Morgan fingerprint density at radius 3 is 2.71 bits per heavy atom. The highest BCUT2D eigenvalue weighted by atomic mass is 32.2. The number of hydrogen-bond acceptors (Lipinski definition) is 3. The summed E-state index contributed by atoms with van der Waals surface area (Å²) in [6.45, 7) is 0. The maximum absolute atomic E-state index is 13.1. The van der Waals surface area contributed by atoms with Crippen molar-refractivity contribution in [3.05, 3.63) is 72.3 Å². The molecule has 122 valence electrons. The molecule has 4 nitrogen and oxygen atoms in total. The van der Waals surface area contributed by atoms with E-state index < -0.39 is 0 Å². The Morgan fingerprint density at radius 1 is 1.25 bits per heavy atom. The zero-order valence-electron chi connectivity index (χ0n) is 13.1. The first-order valence-corrected chi connectivity index (χ1v) is 8.21. The number of aryl methyl sites for hydroxylation is 1. The van der Waals surface area contributed by atoms with E-state index in [2.05, 4.69) is 10.3 Å². The summed E-state index contributed by atoms with van der Waals surface area (Å²) >= 11 is 1.55. The molecule has 0 spiro atoms. The van der Waals surface area contributed by atoms with E-state index in [0.29, 0.717) is 11.3 Å². The fourth-order valence-electron chi connectivity index (χ4n) is 2.20. The van der Waals surface area contributed by atoms with Gasteiger partial charge in [0, 0.05) is 30.0 Å². The van der Waals surface area contributed by atoms with Crippen molar-refractivity contribution in [3.63, 3.8) is 0 Å². The fraction of sp³-hybridized carbons (Fsp3) is 0.111. The van der Waals surface area contributed by atoms with E-state index in [9.17, 15) is 9.18 Å². The van der Waals surface area contributed by atoms with Crippen molar-refractivity contribution in [2.24, 2.45) is 7.05 Å². The van der Waals surface area contributed by atoms with E-state index in [4.69, 9.17) is 0 Å². The van der Waals surface area contributed by atoms with Gasteiger partial charge in [-0.2, -0.15) is 0 Å². The first kappa shape index (κ1) is 16.3. The monoisotopic (exact) mass is 341 g/mol. The summed E-state index contributed by atoms with van der Waals surface area (Å²) in [5.41, 5.74) is 1.36. The third-order valence-corrected chi connectivity index (χ3v) is 4.46. The fourth-order valence-corrected chi connectivity index (χ4v) is 3.00.